The number of likely N-dealkylation sites (N-methyl/N-ethyl adjacent to an activating group) is 1. The predicted molar refractivity (Wildman–Crippen MR) is 71.3 cm³/mol. The maximum Gasteiger partial charge on any atom is 0.323 e. The van der Waals surface area contributed by atoms with Crippen molar-refractivity contribution in [1.82, 2.24) is 10.2 Å². The van der Waals surface area contributed by atoms with Gasteiger partial charge in [-0.25, -0.2) is 0 Å². The van der Waals surface area contributed by atoms with Crippen molar-refractivity contribution in [3.63, 3.8) is 0 Å². The molecule has 0 radical (unpaired) electrons. The van der Waals surface area contributed by atoms with Crippen molar-refractivity contribution in [2.45, 2.75) is 52.6 Å². The van der Waals surface area contributed by atoms with Crippen LogP contribution in [0.3, 0.4) is 0 Å². The third-order valence-corrected chi connectivity index (χ3v) is 3.66. The van der Waals surface area contributed by atoms with Crippen LogP contribution in [0.5, 0.6) is 0 Å². The molecule has 2 atom stereocenters. The van der Waals surface area contributed by atoms with Crippen molar-refractivity contribution in [2.24, 2.45) is 5.92 Å². The van der Waals surface area contributed by atoms with Gasteiger partial charge in [0.2, 0.25) is 0 Å². The van der Waals surface area contributed by atoms with E-state index < -0.39 is 11.5 Å². The first kappa shape index (κ1) is 16.4. The molecule has 2 unspecified atom stereocenters. The van der Waals surface area contributed by atoms with E-state index in [4.69, 9.17) is 0 Å². The first-order chi connectivity index (χ1) is 7.74. The van der Waals surface area contributed by atoms with Gasteiger partial charge in [0.15, 0.2) is 0 Å². The average molecular weight is 244 g/mol. The molecule has 17 heavy (non-hydrogen) atoms. The highest BCUT2D eigenvalue weighted by Gasteiger charge is 2.32. The molecule has 4 heteroatoms. The minimum atomic E-state index is -0.820. The maximum absolute atomic E-state index is 11.2. The first-order valence-electron chi connectivity index (χ1n) is 6.43. The SMILES string of the molecule is CCNC(C)(CCN(C)C(C)C(C)C)C(=O)O. The van der Waals surface area contributed by atoms with Crippen LogP contribution < -0.4 is 5.32 Å². The number of carboxylic acids is 1. The fourth-order valence-electron chi connectivity index (χ4n) is 1.77. The molecule has 0 aromatic heterocycles. The van der Waals surface area contributed by atoms with Crippen LogP contribution in [-0.2, 0) is 4.79 Å². The maximum atomic E-state index is 11.2. The minimum absolute atomic E-state index is 0.467. The number of hydrogen-bond donors (Lipinski definition) is 2. The molecule has 0 aliphatic heterocycles. The summed E-state index contributed by atoms with van der Waals surface area (Å²) in [4.78, 5) is 13.5. The molecule has 102 valence electrons. The van der Waals surface area contributed by atoms with Gasteiger partial charge < -0.3 is 15.3 Å². The predicted octanol–water partition coefficient (Wildman–Crippen LogP) is 1.81. The Hall–Kier alpha value is -0.610. The summed E-state index contributed by atoms with van der Waals surface area (Å²) in [5.41, 5.74) is -0.820. The zero-order valence-corrected chi connectivity index (χ0v) is 12.1. The molecule has 0 saturated carbocycles. The largest absolute Gasteiger partial charge is 0.480 e. The van der Waals surface area contributed by atoms with Crippen LogP contribution >= 0.6 is 0 Å². The monoisotopic (exact) mass is 244 g/mol. The standard InChI is InChI=1S/C13H28N2O2/c1-7-14-13(5,12(16)17)8-9-15(6)11(4)10(2)3/h10-11,14H,7-9H2,1-6H3,(H,16,17). The number of carboxylic acid groups (broad SMARTS) is 1. The Kier molecular flexibility index (Phi) is 6.72. The zero-order chi connectivity index (χ0) is 13.6. The van der Waals surface area contributed by atoms with Crippen molar-refractivity contribution >= 4 is 5.97 Å². The summed E-state index contributed by atoms with van der Waals surface area (Å²) in [6, 6.07) is 0.467. The van der Waals surface area contributed by atoms with Crippen LogP contribution in [0.1, 0.15) is 41.0 Å². The van der Waals surface area contributed by atoms with E-state index in [9.17, 15) is 9.90 Å². The molecular formula is C13H28N2O2. The number of hydrogen-bond acceptors (Lipinski definition) is 3. The molecule has 0 aromatic carbocycles. The molecule has 0 fully saturated rings. The molecule has 0 heterocycles. The van der Waals surface area contributed by atoms with Gasteiger partial charge in [-0.3, -0.25) is 4.79 Å². The third kappa shape index (κ3) is 5.04. The van der Waals surface area contributed by atoms with E-state index in [2.05, 4.69) is 38.0 Å². The molecule has 0 aliphatic rings. The van der Waals surface area contributed by atoms with Gasteiger partial charge in [-0.1, -0.05) is 20.8 Å². The lowest BCUT2D eigenvalue weighted by Gasteiger charge is -2.32. The Morgan fingerprint density at radius 2 is 1.94 bits per heavy atom. The second kappa shape index (κ2) is 6.97. The van der Waals surface area contributed by atoms with E-state index >= 15 is 0 Å². The lowest BCUT2D eigenvalue weighted by atomic mass is 9.96. The molecule has 0 spiro atoms. The van der Waals surface area contributed by atoms with Crippen LogP contribution in [0, 0.1) is 5.92 Å². The normalized spacial score (nSPS) is 17.2. The number of carbonyl (C=O) groups is 1. The third-order valence-electron chi connectivity index (χ3n) is 3.66. The van der Waals surface area contributed by atoms with Gasteiger partial charge in [0.25, 0.3) is 0 Å². The van der Waals surface area contributed by atoms with Gasteiger partial charge in [-0.2, -0.15) is 0 Å². The van der Waals surface area contributed by atoms with Gasteiger partial charge in [-0.05, 0) is 39.8 Å². The van der Waals surface area contributed by atoms with Crippen molar-refractivity contribution in [3.8, 4) is 0 Å². The second-order valence-electron chi connectivity index (χ2n) is 5.38. The van der Waals surface area contributed by atoms with Crippen LogP contribution in [0.4, 0.5) is 0 Å². The lowest BCUT2D eigenvalue weighted by molar-refractivity contribution is -0.144. The quantitative estimate of drug-likeness (QED) is 0.683. The number of rotatable bonds is 8. The van der Waals surface area contributed by atoms with E-state index in [-0.39, 0.29) is 0 Å². The molecule has 4 nitrogen and oxygen atoms in total. The summed E-state index contributed by atoms with van der Waals surface area (Å²) < 4.78 is 0. The summed E-state index contributed by atoms with van der Waals surface area (Å²) in [6.07, 6.45) is 0.615. The fraction of sp³-hybridized carbons (Fsp3) is 0.923. The molecule has 0 rings (SSSR count). The van der Waals surface area contributed by atoms with Crippen molar-refractivity contribution in [2.75, 3.05) is 20.1 Å². The van der Waals surface area contributed by atoms with E-state index in [1.54, 1.807) is 6.92 Å². The number of aliphatic carboxylic acids is 1. The van der Waals surface area contributed by atoms with Crippen molar-refractivity contribution < 1.29 is 9.90 Å². The fourth-order valence-corrected chi connectivity index (χ4v) is 1.77. The van der Waals surface area contributed by atoms with Gasteiger partial charge in [0.1, 0.15) is 5.54 Å². The molecule has 0 amide bonds. The Morgan fingerprint density at radius 3 is 2.29 bits per heavy atom. The summed E-state index contributed by atoms with van der Waals surface area (Å²) in [5, 5.41) is 12.3. The Morgan fingerprint density at radius 1 is 1.41 bits per heavy atom. The molecule has 0 aliphatic carbocycles. The Labute approximate surface area is 105 Å². The highest BCUT2D eigenvalue weighted by molar-refractivity contribution is 5.78. The van der Waals surface area contributed by atoms with E-state index in [0.717, 1.165) is 6.54 Å². The summed E-state index contributed by atoms with van der Waals surface area (Å²) in [7, 11) is 2.05. The summed E-state index contributed by atoms with van der Waals surface area (Å²) >= 11 is 0. The second-order valence-corrected chi connectivity index (χ2v) is 5.38. The molecule has 0 saturated heterocycles. The first-order valence-corrected chi connectivity index (χ1v) is 6.43. The van der Waals surface area contributed by atoms with E-state index in [0.29, 0.717) is 24.9 Å². The highest BCUT2D eigenvalue weighted by Crippen LogP contribution is 2.14. The minimum Gasteiger partial charge on any atom is -0.480 e. The molecule has 0 bridgehead atoms. The van der Waals surface area contributed by atoms with Crippen LogP contribution in [0.25, 0.3) is 0 Å². The van der Waals surface area contributed by atoms with Crippen LogP contribution in [0.15, 0.2) is 0 Å². The van der Waals surface area contributed by atoms with Crippen LogP contribution in [0.2, 0.25) is 0 Å². The summed E-state index contributed by atoms with van der Waals surface area (Å²) in [5.74, 6) is -0.194. The van der Waals surface area contributed by atoms with E-state index in [1.807, 2.05) is 6.92 Å². The number of nitrogens with zero attached hydrogens (tertiary/aromatic N) is 1. The average Bonchev–Trinajstić information content (AvgIpc) is 2.24. The smallest absolute Gasteiger partial charge is 0.323 e. The lowest BCUT2D eigenvalue weighted by Crippen LogP contribution is -2.51. The van der Waals surface area contributed by atoms with Crippen LogP contribution in [-0.4, -0.2) is 47.7 Å². The highest BCUT2D eigenvalue weighted by atomic mass is 16.4. The number of nitrogens with one attached hydrogen (secondary N) is 1. The molecule has 2 N–H and O–H groups in total. The van der Waals surface area contributed by atoms with Gasteiger partial charge in [0.05, 0.1) is 0 Å². The van der Waals surface area contributed by atoms with Gasteiger partial charge in [0, 0.05) is 12.6 Å². The van der Waals surface area contributed by atoms with Gasteiger partial charge >= 0.3 is 5.97 Å². The molecular weight excluding hydrogens is 216 g/mol. The Bertz CT molecular complexity index is 244. The van der Waals surface area contributed by atoms with Crippen molar-refractivity contribution in [1.29, 1.82) is 0 Å². The topological polar surface area (TPSA) is 52.6 Å². The van der Waals surface area contributed by atoms with Crippen molar-refractivity contribution in [3.05, 3.63) is 0 Å². The Balaban J connectivity index is 4.36. The summed E-state index contributed by atoms with van der Waals surface area (Å²) in [6.45, 7) is 11.7. The zero-order valence-electron chi connectivity index (χ0n) is 12.1. The van der Waals surface area contributed by atoms with E-state index in [1.165, 1.54) is 0 Å². The molecule has 0 aromatic rings. The van der Waals surface area contributed by atoms with Gasteiger partial charge in [-0.15, -0.1) is 0 Å².